The number of nitrogens with zero attached hydrogens (tertiary/aromatic N) is 3. The molecule has 1 saturated heterocycles. The number of anilines is 1. The van der Waals surface area contributed by atoms with E-state index in [-0.39, 0.29) is 0 Å². The minimum Gasteiger partial charge on any atom is -0.497 e. The number of nitrogens with one attached hydrogen (secondary N) is 1. The van der Waals surface area contributed by atoms with E-state index in [1.807, 2.05) is 24.3 Å². The van der Waals surface area contributed by atoms with Crippen molar-refractivity contribution in [3.8, 4) is 11.5 Å². The number of aromatic nitrogens is 1. The maximum absolute atomic E-state index is 5.43. The zero-order valence-electron chi connectivity index (χ0n) is 20.0. The van der Waals surface area contributed by atoms with Gasteiger partial charge in [-0.15, -0.1) is 11.3 Å². The van der Waals surface area contributed by atoms with Crippen LogP contribution in [-0.4, -0.2) is 63.5 Å². The normalized spacial score (nSPS) is 14.2. The van der Waals surface area contributed by atoms with E-state index < -0.39 is 0 Å². The summed E-state index contributed by atoms with van der Waals surface area (Å²) in [6, 6.07) is 16.4. The number of morpholine rings is 1. The first-order valence-corrected chi connectivity index (χ1v) is 12.6. The van der Waals surface area contributed by atoms with Gasteiger partial charge in [-0.3, -0.25) is 4.90 Å². The van der Waals surface area contributed by atoms with Crippen LogP contribution < -0.4 is 19.7 Å². The quantitative estimate of drug-likeness (QED) is 0.394. The number of hydrogen-bond acceptors (Lipinski definition) is 8. The summed E-state index contributed by atoms with van der Waals surface area (Å²) in [4.78, 5) is 9.71. The van der Waals surface area contributed by atoms with Gasteiger partial charge in [0.05, 0.1) is 33.1 Å². The van der Waals surface area contributed by atoms with Crippen molar-refractivity contribution in [1.82, 2.24) is 15.2 Å². The van der Waals surface area contributed by atoms with Gasteiger partial charge in [0.1, 0.15) is 11.5 Å². The fourth-order valence-electron chi connectivity index (χ4n) is 3.97. The highest BCUT2D eigenvalue weighted by molar-refractivity contribution is 7.13. The van der Waals surface area contributed by atoms with Crippen molar-refractivity contribution in [2.75, 3.05) is 58.5 Å². The molecule has 0 aliphatic carbocycles. The summed E-state index contributed by atoms with van der Waals surface area (Å²) in [7, 11) is 3.40. The molecule has 0 amide bonds. The van der Waals surface area contributed by atoms with Gasteiger partial charge in [0, 0.05) is 51.2 Å². The third-order valence-electron chi connectivity index (χ3n) is 5.84. The maximum atomic E-state index is 5.43. The molecule has 1 aliphatic heterocycles. The van der Waals surface area contributed by atoms with E-state index in [0.29, 0.717) is 0 Å². The van der Waals surface area contributed by atoms with Crippen molar-refractivity contribution in [1.29, 1.82) is 0 Å². The predicted octanol–water partition coefficient (Wildman–Crippen LogP) is 3.79. The van der Waals surface area contributed by atoms with Crippen molar-refractivity contribution in [2.24, 2.45) is 0 Å². The number of thiazole rings is 1. The standard InChI is InChI=1S/C26H34N4O3S/c1-31-24-7-3-5-21(15-24)18-30(19-22-6-4-8-25(16-22)32-2)26-28-23(20-34-26)17-27-9-10-29-11-13-33-14-12-29/h3-8,15-16,20,27H,9-14,17-19H2,1-2H3. The molecule has 1 aromatic heterocycles. The number of benzene rings is 2. The Kier molecular flexibility index (Phi) is 9.15. The van der Waals surface area contributed by atoms with E-state index in [1.165, 1.54) is 11.1 Å². The minimum atomic E-state index is 0.742. The van der Waals surface area contributed by atoms with Gasteiger partial charge in [-0.2, -0.15) is 0 Å². The van der Waals surface area contributed by atoms with Gasteiger partial charge in [0.2, 0.25) is 0 Å². The van der Waals surface area contributed by atoms with Crippen LogP contribution in [0.4, 0.5) is 5.13 Å². The molecule has 0 atom stereocenters. The molecule has 0 spiro atoms. The lowest BCUT2D eigenvalue weighted by Gasteiger charge is -2.26. The lowest BCUT2D eigenvalue weighted by atomic mass is 10.1. The molecular weight excluding hydrogens is 448 g/mol. The van der Waals surface area contributed by atoms with Gasteiger partial charge in [-0.25, -0.2) is 4.98 Å². The molecule has 4 rings (SSSR count). The minimum absolute atomic E-state index is 0.742. The Hall–Kier alpha value is -2.65. The second-order valence-corrected chi connectivity index (χ2v) is 9.15. The number of rotatable bonds is 12. The molecule has 8 heteroatoms. The van der Waals surface area contributed by atoms with Gasteiger partial charge in [-0.05, 0) is 35.4 Å². The molecule has 34 heavy (non-hydrogen) atoms. The van der Waals surface area contributed by atoms with E-state index in [2.05, 4.69) is 44.8 Å². The average Bonchev–Trinajstić information content (AvgIpc) is 3.36. The molecule has 1 aliphatic rings. The first-order valence-electron chi connectivity index (χ1n) is 11.7. The monoisotopic (exact) mass is 482 g/mol. The lowest BCUT2D eigenvalue weighted by molar-refractivity contribution is 0.0384. The average molecular weight is 483 g/mol. The van der Waals surface area contributed by atoms with Crippen molar-refractivity contribution < 1.29 is 14.2 Å². The lowest BCUT2D eigenvalue weighted by Crippen LogP contribution is -2.40. The van der Waals surface area contributed by atoms with Crippen molar-refractivity contribution in [2.45, 2.75) is 19.6 Å². The maximum Gasteiger partial charge on any atom is 0.186 e. The third kappa shape index (κ3) is 7.17. The van der Waals surface area contributed by atoms with E-state index in [1.54, 1.807) is 25.6 Å². The van der Waals surface area contributed by atoms with Crippen molar-refractivity contribution >= 4 is 16.5 Å². The highest BCUT2D eigenvalue weighted by Crippen LogP contribution is 2.26. The van der Waals surface area contributed by atoms with Crippen LogP contribution >= 0.6 is 11.3 Å². The van der Waals surface area contributed by atoms with E-state index in [0.717, 1.165) is 81.4 Å². The van der Waals surface area contributed by atoms with Gasteiger partial charge < -0.3 is 24.4 Å². The van der Waals surface area contributed by atoms with Crippen molar-refractivity contribution in [3.05, 3.63) is 70.7 Å². The molecule has 7 nitrogen and oxygen atoms in total. The summed E-state index contributed by atoms with van der Waals surface area (Å²) >= 11 is 1.69. The Morgan fingerprint density at radius 1 is 1.00 bits per heavy atom. The molecule has 0 bridgehead atoms. The Labute approximate surface area is 206 Å². The summed E-state index contributed by atoms with van der Waals surface area (Å²) in [6.45, 7) is 7.96. The first kappa shape index (κ1) is 24.5. The highest BCUT2D eigenvalue weighted by Gasteiger charge is 2.15. The van der Waals surface area contributed by atoms with E-state index in [9.17, 15) is 0 Å². The van der Waals surface area contributed by atoms with Crippen LogP contribution in [0, 0.1) is 0 Å². The Balaban J connectivity index is 1.41. The summed E-state index contributed by atoms with van der Waals surface area (Å²) in [5.41, 5.74) is 3.44. The van der Waals surface area contributed by atoms with Crippen LogP contribution in [0.2, 0.25) is 0 Å². The van der Waals surface area contributed by atoms with Gasteiger partial charge >= 0.3 is 0 Å². The molecule has 182 valence electrons. The largest absolute Gasteiger partial charge is 0.497 e. The van der Waals surface area contributed by atoms with Gasteiger partial charge in [0.25, 0.3) is 0 Å². The topological polar surface area (TPSA) is 59.1 Å². The van der Waals surface area contributed by atoms with Crippen LogP contribution in [-0.2, 0) is 24.4 Å². The molecule has 0 radical (unpaired) electrons. The first-order chi connectivity index (χ1) is 16.7. The SMILES string of the molecule is COc1cccc(CN(Cc2cccc(OC)c2)c2nc(CNCCN3CCOCC3)cs2)c1. The number of ether oxygens (including phenoxy) is 3. The Bertz CT molecular complexity index is 973. The smallest absolute Gasteiger partial charge is 0.186 e. The van der Waals surface area contributed by atoms with E-state index in [4.69, 9.17) is 19.2 Å². The van der Waals surface area contributed by atoms with Crippen LogP contribution in [0.5, 0.6) is 11.5 Å². The van der Waals surface area contributed by atoms with Crippen LogP contribution in [0.3, 0.4) is 0 Å². The van der Waals surface area contributed by atoms with Crippen LogP contribution in [0.15, 0.2) is 53.9 Å². The zero-order chi connectivity index (χ0) is 23.6. The van der Waals surface area contributed by atoms with Gasteiger partial charge in [0.15, 0.2) is 5.13 Å². The van der Waals surface area contributed by atoms with Crippen molar-refractivity contribution in [3.63, 3.8) is 0 Å². The second kappa shape index (κ2) is 12.7. The molecule has 0 saturated carbocycles. The van der Waals surface area contributed by atoms with Crippen LogP contribution in [0.1, 0.15) is 16.8 Å². The predicted molar refractivity (Wildman–Crippen MR) is 137 cm³/mol. The molecule has 3 aromatic rings. The molecule has 1 fully saturated rings. The second-order valence-electron chi connectivity index (χ2n) is 8.31. The Morgan fingerprint density at radius 2 is 1.65 bits per heavy atom. The molecule has 0 unspecified atom stereocenters. The molecule has 2 heterocycles. The molecular formula is C26H34N4O3S. The van der Waals surface area contributed by atoms with Gasteiger partial charge in [-0.1, -0.05) is 24.3 Å². The number of hydrogen-bond donors (Lipinski definition) is 1. The summed E-state index contributed by atoms with van der Waals surface area (Å²) in [5.74, 6) is 1.73. The molecule has 2 aromatic carbocycles. The fourth-order valence-corrected chi connectivity index (χ4v) is 4.80. The third-order valence-corrected chi connectivity index (χ3v) is 6.79. The van der Waals surface area contributed by atoms with E-state index >= 15 is 0 Å². The van der Waals surface area contributed by atoms with Crippen LogP contribution in [0.25, 0.3) is 0 Å². The summed E-state index contributed by atoms with van der Waals surface area (Å²) in [6.07, 6.45) is 0. The number of methoxy groups -OCH3 is 2. The summed E-state index contributed by atoms with van der Waals surface area (Å²) < 4.78 is 16.3. The fraction of sp³-hybridized carbons (Fsp3) is 0.423. The summed E-state index contributed by atoms with van der Waals surface area (Å²) in [5, 5.41) is 6.70. The highest BCUT2D eigenvalue weighted by atomic mass is 32.1. The molecule has 1 N–H and O–H groups in total. The zero-order valence-corrected chi connectivity index (χ0v) is 20.9. The Morgan fingerprint density at radius 3 is 2.26 bits per heavy atom.